The van der Waals surface area contributed by atoms with Crippen LogP contribution in [-0.4, -0.2) is 19.5 Å². The van der Waals surface area contributed by atoms with Crippen LogP contribution >= 0.6 is 0 Å². The van der Waals surface area contributed by atoms with Gasteiger partial charge in [0.2, 0.25) is 0 Å². The normalized spacial score (nSPS) is 29.8. The van der Waals surface area contributed by atoms with Gasteiger partial charge in [-0.2, -0.15) is 5.26 Å². The van der Waals surface area contributed by atoms with Crippen LogP contribution in [0.4, 0.5) is 4.39 Å². The summed E-state index contributed by atoms with van der Waals surface area (Å²) >= 11 is 0. The van der Waals surface area contributed by atoms with E-state index in [1.807, 2.05) is 18.2 Å². The van der Waals surface area contributed by atoms with Gasteiger partial charge in [0.15, 0.2) is 6.29 Å². The van der Waals surface area contributed by atoms with Crippen LogP contribution < -0.4 is 0 Å². The van der Waals surface area contributed by atoms with Crippen LogP contribution in [0.1, 0.15) is 55.6 Å². The average Bonchev–Trinajstić information content (AvgIpc) is 2.67. The Hall–Kier alpha value is -1.70. The van der Waals surface area contributed by atoms with Crippen LogP contribution in [0.15, 0.2) is 30.9 Å². The first kappa shape index (κ1) is 18.1. The van der Waals surface area contributed by atoms with Crippen molar-refractivity contribution in [1.29, 1.82) is 5.26 Å². The molecule has 134 valence electrons. The molecule has 0 radical (unpaired) electrons. The predicted molar refractivity (Wildman–Crippen MR) is 94.4 cm³/mol. The minimum atomic E-state index is -0.411. The molecule has 4 heteroatoms. The first-order valence-corrected chi connectivity index (χ1v) is 9.25. The second-order valence-electron chi connectivity index (χ2n) is 7.23. The van der Waals surface area contributed by atoms with Crippen molar-refractivity contribution in [2.45, 2.75) is 50.7 Å². The highest BCUT2D eigenvalue weighted by atomic mass is 19.1. The molecule has 25 heavy (non-hydrogen) atoms. The maximum absolute atomic E-state index is 13.8. The fraction of sp³-hybridized carbons (Fsp3) is 0.571. The predicted octanol–water partition coefficient (Wildman–Crippen LogP) is 4.93. The SMILES string of the molecule is C=CCC[C@H]1CO[C@H]([C@H]2CC[C@H](c3ccc(C#N)c(F)c3)CC2)OC1. The lowest BCUT2D eigenvalue weighted by molar-refractivity contribution is -0.229. The van der Waals surface area contributed by atoms with E-state index in [1.165, 1.54) is 6.07 Å². The van der Waals surface area contributed by atoms with E-state index in [-0.39, 0.29) is 11.9 Å². The van der Waals surface area contributed by atoms with Crippen molar-refractivity contribution in [3.63, 3.8) is 0 Å². The first-order chi connectivity index (χ1) is 12.2. The molecule has 0 aromatic heterocycles. The number of hydrogen-bond donors (Lipinski definition) is 0. The lowest BCUT2D eigenvalue weighted by atomic mass is 9.78. The molecule has 0 bridgehead atoms. The summed E-state index contributed by atoms with van der Waals surface area (Å²) in [6.45, 7) is 5.31. The Morgan fingerprint density at radius 2 is 1.92 bits per heavy atom. The largest absolute Gasteiger partial charge is 0.352 e. The minimum Gasteiger partial charge on any atom is -0.352 e. The number of hydrogen-bond acceptors (Lipinski definition) is 3. The summed E-state index contributed by atoms with van der Waals surface area (Å²) in [7, 11) is 0. The first-order valence-electron chi connectivity index (χ1n) is 9.25. The summed E-state index contributed by atoms with van der Waals surface area (Å²) in [6, 6.07) is 6.89. The molecule has 3 nitrogen and oxygen atoms in total. The van der Waals surface area contributed by atoms with Crippen molar-refractivity contribution in [3.8, 4) is 6.07 Å². The molecule has 2 fully saturated rings. The molecule has 1 aromatic carbocycles. The van der Waals surface area contributed by atoms with Gasteiger partial charge in [-0.05, 0) is 62.1 Å². The monoisotopic (exact) mass is 343 g/mol. The molecule has 1 saturated heterocycles. The molecule has 1 aliphatic carbocycles. The molecule has 0 N–H and O–H groups in total. The van der Waals surface area contributed by atoms with Crippen molar-refractivity contribution >= 4 is 0 Å². The Morgan fingerprint density at radius 1 is 1.20 bits per heavy atom. The Balaban J connectivity index is 1.48. The highest BCUT2D eigenvalue weighted by Crippen LogP contribution is 2.39. The number of nitriles is 1. The van der Waals surface area contributed by atoms with Crippen LogP contribution in [-0.2, 0) is 9.47 Å². The molecule has 1 aromatic rings. The molecule has 1 heterocycles. The van der Waals surface area contributed by atoms with Crippen LogP contribution in [0.5, 0.6) is 0 Å². The Labute approximate surface area is 149 Å². The van der Waals surface area contributed by atoms with Crippen LogP contribution in [0.25, 0.3) is 0 Å². The van der Waals surface area contributed by atoms with Crippen molar-refractivity contribution in [2.75, 3.05) is 13.2 Å². The molecule has 1 saturated carbocycles. The lowest BCUT2D eigenvalue weighted by Crippen LogP contribution is -2.38. The molecular formula is C21H26FNO2. The maximum Gasteiger partial charge on any atom is 0.160 e. The summed E-state index contributed by atoms with van der Waals surface area (Å²) in [5.74, 6) is 0.862. The van der Waals surface area contributed by atoms with Crippen molar-refractivity contribution in [2.24, 2.45) is 11.8 Å². The smallest absolute Gasteiger partial charge is 0.160 e. The van der Waals surface area contributed by atoms with Gasteiger partial charge in [0.05, 0.1) is 18.8 Å². The van der Waals surface area contributed by atoms with Crippen LogP contribution in [0, 0.1) is 29.0 Å². The summed E-state index contributed by atoms with van der Waals surface area (Å²) in [4.78, 5) is 0. The van der Waals surface area contributed by atoms with Crippen molar-refractivity contribution < 1.29 is 13.9 Å². The second-order valence-corrected chi connectivity index (χ2v) is 7.23. The lowest BCUT2D eigenvalue weighted by Gasteiger charge is -2.37. The number of nitrogens with zero attached hydrogens (tertiary/aromatic N) is 1. The minimum absolute atomic E-state index is 0.0846. The summed E-state index contributed by atoms with van der Waals surface area (Å²) in [6.07, 6.45) is 8.04. The molecule has 2 aliphatic rings. The summed E-state index contributed by atoms with van der Waals surface area (Å²) in [5.41, 5.74) is 1.12. The van der Waals surface area contributed by atoms with Crippen molar-refractivity contribution in [1.82, 2.24) is 0 Å². The van der Waals surface area contributed by atoms with Crippen LogP contribution in [0.3, 0.4) is 0 Å². The van der Waals surface area contributed by atoms with E-state index in [9.17, 15) is 4.39 Å². The average molecular weight is 343 g/mol. The zero-order valence-corrected chi connectivity index (χ0v) is 14.6. The highest BCUT2D eigenvalue weighted by Gasteiger charge is 2.32. The Bertz CT molecular complexity index is 623. The molecule has 1 aliphatic heterocycles. The van der Waals surface area contributed by atoms with Gasteiger partial charge in [0.25, 0.3) is 0 Å². The van der Waals surface area contributed by atoms with Crippen LogP contribution in [0.2, 0.25) is 0 Å². The Kier molecular flexibility index (Phi) is 6.23. The number of halogens is 1. The van der Waals surface area contributed by atoms with E-state index < -0.39 is 5.82 Å². The summed E-state index contributed by atoms with van der Waals surface area (Å²) < 4.78 is 25.8. The van der Waals surface area contributed by atoms with Gasteiger partial charge >= 0.3 is 0 Å². The zero-order valence-electron chi connectivity index (χ0n) is 14.6. The van der Waals surface area contributed by atoms with Gasteiger partial charge < -0.3 is 9.47 Å². The van der Waals surface area contributed by atoms with Gasteiger partial charge in [-0.25, -0.2) is 4.39 Å². The third-order valence-electron chi connectivity index (χ3n) is 5.51. The zero-order chi connectivity index (χ0) is 17.6. The number of benzene rings is 1. The van der Waals surface area contributed by atoms with E-state index in [1.54, 1.807) is 6.07 Å². The molecule has 0 spiro atoms. The molecule has 0 unspecified atom stereocenters. The third kappa shape index (κ3) is 4.48. The van der Waals surface area contributed by atoms with Gasteiger partial charge in [-0.3, -0.25) is 0 Å². The quantitative estimate of drug-likeness (QED) is 0.712. The van der Waals surface area contributed by atoms with Gasteiger partial charge in [-0.15, -0.1) is 6.58 Å². The van der Waals surface area contributed by atoms with E-state index in [0.29, 0.717) is 17.8 Å². The standard InChI is InChI=1S/C21H26FNO2/c1-2-3-4-15-13-24-21(25-14-15)17-7-5-16(6-8-17)18-9-10-19(12-23)20(22)11-18/h2,9-11,15-17,21H,1,3-8,13-14H2/t15-,16-,17-,21-. The maximum atomic E-state index is 13.8. The topological polar surface area (TPSA) is 42.2 Å². The fourth-order valence-electron chi connectivity index (χ4n) is 3.95. The van der Waals surface area contributed by atoms with E-state index >= 15 is 0 Å². The van der Waals surface area contributed by atoms with Gasteiger partial charge in [0, 0.05) is 11.8 Å². The van der Waals surface area contributed by atoms with E-state index in [2.05, 4.69) is 6.58 Å². The molecular weight excluding hydrogens is 317 g/mol. The fourth-order valence-corrected chi connectivity index (χ4v) is 3.95. The van der Waals surface area contributed by atoms with E-state index in [4.69, 9.17) is 14.7 Å². The third-order valence-corrected chi connectivity index (χ3v) is 5.51. The number of rotatable bonds is 5. The molecule has 3 rings (SSSR count). The van der Waals surface area contributed by atoms with E-state index in [0.717, 1.165) is 57.3 Å². The Morgan fingerprint density at radius 3 is 2.52 bits per heavy atom. The highest BCUT2D eigenvalue weighted by molar-refractivity contribution is 5.34. The summed E-state index contributed by atoms with van der Waals surface area (Å²) in [5, 5.41) is 8.84. The molecule has 0 amide bonds. The number of ether oxygens (including phenoxy) is 2. The second kappa shape index (κ2) is 8.60. The van der Waals surface area contributed by atoms with Crippen molar-refractivity contribution in [3.05, 3.63) is 47.8 Å². The molecule has 0 atom stereocenters. The van der Waals surface area contributed by atoms with Gasteiger partial charge in [-0.1, -0.05) is 12.1 Å². The number of allylic oxidation sites excluding steroid dienone is 1. The van der Waals surface area contributed by atoms with Gasteiger partial charge in [0.1, 0.15) is 11.9 Å².